The van der Waals surface area contributed by atoms with Crippen molar-refractivity contribution in [2.75, 3.05) is 13.1 Å². The maximum absolute atomic E-state index is 12.2. The number of hydrogen-bond donors (Lipinski definition) is 2. The van der Waals surface area contributed by atoms with Gasteiger partial charge in [0.05, 0.1) is 6.54 Å². The molecule has 1 atom stereocenters. The highest BCUT2D eigenvalue weighted by Crippen LogP contribution is 2.22. The van der Waals surface area contributed by atoms with Crippen LogP contribution in [0.5, 0.6) is 0 Å². The van der Waals surface area contributed by atoms with Gasteiger partial charge in [0.2, 0.25) is 11.8 Å². The highest BCUT2D eigenvalue weighted by molar-refractivity contribution is 5.89. The van der Waals surface area contributed by atoms with Crippen molar-refractivity contribution in [3.8, 4) is 0 Å². The first-order valence-electron chi connectivity index (χ1n) is 7.22. The second kappa shape index (κ2) is 5.49. The fourth-order valence-corrected chi connectivity index (χ4v) is 2.31. The number of carbonyl (C=O) groups excluding carboxylic acids is 2. The topological polar surface area (TPSA) is 61.4 Å². The van der Waals surface area contributed by atoms with Crippen LogP contribution in [0.15, 0.2) is 0 Å². The van der Waals surface area contributed by atoms with Gasteiger partial charge < -0.3 is 15.5 Å². The van der Waals surface area contributed by atoms with Gasteiger partial charge in [-0.2, -0.15) is 0 Å². The predicted molar refractivity (Wildman–Crippen MR) is 73.7 cm³/mol. The number of nitrogens with one attached hydrogen (secondary N) is 2. The lowest BCUT2D eigenvalue weighted by molar-refractivity contribution is -0.138. The van der Waals surface area contributed by atoms with E-state index in [1.54, 1.807) is 4.90 Å². The molecule has 1 heterocycles. The molecule has 1 aliphatic heterocycles. The third-order valence-corrected chi connectivity index (χ3v) is 3.57. The van der Waals surface area contributed by atoms with Crippen molar-refractivity contribution in [2.24, 2.45) is 0 Å². The zero-order valence-electron chi connectivity index (χ0n) is 12.2. The van der Waals surface area contributed by atoms with Crippen molar-refractivity contribution >= 4 is 11.8 Å². The van der Waals surface area contributed by atoms with Gasteiger partial charge in [0.15, 0.2) is 0 Å². The molecule has 19 heavy (non-hydrogen) atoms. The van der Waals surface area contributed by atoms with Gasteiger partial charge in [0, 0.05) is 18.1 Å². The summed E-state index contributed by atoms with van der Waals surface area (Å²) in [7, 11) is 0. The van der Waals surface area contributed by atoms with Gasteiger partial charge in [-0.15, -0.1) is 0 Å². The average molecular weight is 267 g/mol. The maximum Gasteiger partial charge on any atom is 0.243 e. The van der Waals surface area contributed by atoms with E-state index in [4.69, 9.17) is 0 Å². The molecule has 0 aromatic rings. The summed E-state index contributed by atoms with van der Waals surface area (Å²) in [6.07, 6.45) is 3.87. The normalized spacial score (nSPS) is 23.5. The van der Waals surface area contributed by atoms with E-state index in [1.807, 2.05) is 20.8 Å². The largest absolute Gasteiger partial charge is 0.352 e. The van der Waals surface area contributed by atoms with Gasteiger partial charge >= 0.3 is 0 Å². The van der Waals surface area contributed by atoms with Crippen molar-refractivity contribution in [3.05, 3.63) is 0 Å². The predicted octanol–water partition coefficient (Wildman–Crippen LogP) is 0.644. The van der Waals surface area contributed by atoms with E-state index >= 15 is 0 Å². The molecule has 2 aliphatic rings. The molecule has 5 heteroatoms. The molecule has 1 unspecified atom stereocenters. The van der Waals surface area contributed by atoms with Gasteiger partial charge in [-0.3, -0.25) is 9.59 Å². The van der Waals surface area contributed by atoms with Crippen molar-refractivity contribution < 1.29 is 9.59 Å². The Morgan fingerprint density at radius 2 is 1.89 bits per heavy atom. The molecule has 0 spiro atoms. The zero-order chi connectivity index (χ0) is 14.0. The summed E-state index contributed by atoms with van der Waals surface area (Å²) in [5, 5.41) is 6.19. The first-order valence-corrected chi connectivity index (χ1v) is 7.22. The van der Waals surface area contributed by atoms with Crippen molar-refractivity contribution in [3.63, 3.8) is 0 Å². The Morgan fingerprint density at radius 1 is 1.21 bits per heavy atom. The number of carbonyl (C=O) groups is 2. The summed E-state index contributed by atoms with van der Waals surface area (Å²) in [6, 6.07) is 0.104. The number of amides is 2. The lowest BCUT2D eigenvalue weighted by atomic mass is 10.1. The molecule has 108 valence electrons. The molecule has 1 saturated carbocycles. The van der Waals surface area contributed by atoms with Gasteiger partial charge in [0.1, 0.15) is 6.04 Å². The summed E-state index contributed by atoms with van der Waals surface area (Å²) in [6.45, 7) is 7.09. The Labute approximate surface area is 115 Å². The third-order valence-electron chi connectivity index (χ3n) is 3.57. The van der Waals surface area contributed by atoms with E-state index in [-0.39, 0.29) is 23.4 Å². The van der Waals surface area contributed by atoms with Crippen molar-refractivity contribution in [1.29, 1.82) is 0 Å². The Bertz CT molecular complexity index is 358. The summed E-state index contributed by atoms with van der Waals surface area (Å²) >= 11 is 0. The average Bonchev–Trinajstić information content (AvgIpc) is 2.98. The second-order valence-electron chi connectivity index (χ2n) is 6.63. The van der Waals surface area contributed by atoms with E-state index in [2.05, 4.69) is 10.6 Å². The molecular formula is C14H25N3O2. The summed E-state index contributed by atoms with van der Waals surface area (Å²) < 4.78 is 0. The fraction of sp³-hybridized carbons (Fsp3) is 0.857. The van der Waals surface area contributed by atoms with Gasteiger partial charge in [0.25, 0.3) is 0 Å². The molecule has 1 saturated heterocycles. The highest BCUT2D eigenvalue weighted by atomic mass is 16.2. The second-order valence-corrected chi connectivity index (χ2v) is 6.63. The van der Waals surface area contributed by atoms with Crippen LogP contribution in [0.25, 0.3) is 0 Å². The van der Waals surface area contributed by atoms with Crippen LogP contribution < -0.4 is 10.6 Å². The molecule has 0 bridgehead atoms. The summed E-state index contributed by atoms with van der Waals surface area (Å²) in [5.41, 5.74) is -0.0822. The van der Waals surface area contributed by atoms with Crippen LogP contribution >= 0.6 is 0 Å². The summed E-state index contributed by atoms with van der Waals surface area (Å²) in [4.78, 5) is 26.0. The Balaban J connectivity index is 1.86. The Kier molecular flexibility index (Phi) is 4.13. The van der Waals surface area contributed by atoms with E-state index in [1.165, 1.54) is 0 Å². The van der Waals surface area contributed by atoms with Crippen LogP contribution in [0.4, 0.5) is 0 Å². The summed E-state index contributed by atoms with van der Waals surface area (Å²) in [5.74, 6) is 0.0625. The number of nitrogens with zero attached hydrogens (tertiary/aromatic N) is 1. The number of likely N-dealkylation sites (tertiary alicyclic amines) is 1. The van der Waals surface area contributed by atoms with Crippen LogP contribution in [-0.2, 0) is 9.59 Å². The lowest BCUT2D eigenvalue weighted by Gasteiger charge is -2.26. The molecule has 2 rings (SSSR count). The van der Waals surface area contributed by atoms with Crippen molar-refractivity contribution in [1.82, 2.24) is 15.5 Å². The van der Waals surface area contributed by atoms with Crippen LogP contribution in [-0.4, -0.2) is 47.4 Å². The zero-order valence-corrected chi connectivity index (χ0v) is 12.2. The number of hydrogen-bond acceptors (Lipinski definition) is 3. The van der Waals surface area contributed by atoms with Gasteiger partial charge in [-0.05, 0) is 46.5 Å². The first-order chi connectivity index (χ1) is 8.87. The molecule has 0 radical (unpaired) electrons. The monoisotopic (exact) mass is 267 g/mol. The van der Waals surface area contributed by atoms with E-state index in [0.717, 1.165) is 25.7 Å². The minimum absolute atomic E-state index is 0.0309. The molecule has 2 N–H and O–H groups in total. The van der Waals surface area contributed by atoms with Crippen LogP contribution in [0.1, 0.15) is 46.5 Å². The molecule has 2 amide bonds. The first kappa shape index (κ1) is 14.3. The molecule has 1 aliphatic carbocycles. The van der Waals surface area contributed by atoms with Crippen LogP contribution in [0, 0.1) is 0 Å². The third kappa shape index (κ3) is 4.20. The maximum atomic E-state index is 12.2. The molecule has 0 aromatic heterocycles. The fourth-order valence-electron chi connectivity index (χ4n) is 2.31. The van der Waals surface area contributed by atoms with E-state index in [9.17, 15) is 9.59 Å². The van der Waals surface area contributed by atoms with Gasteiger partial charge in [-0.25, -0.2) is 0 Å². The minimum Gasteiger partial charge on any atom is -0.352 e. The quantitative estimate of drug-likeness (QED) is 0.786. The van der Waals surface area contributed by atoms with Crippen molar-refractivity contribution in [2.45, 2.75) is 64.1 Å². The Morgan fingerprint density at radius 3 is 2.47 bits per heavy atom. The van der Waals surface area contributed by atoms with E-state index in [0.29, 0.717) is 19.1 Å². The van der Waals surface area contributed by atoms with Gasteiger partial charge in [-0.1, -0.05) is 0 Å². The SMILES string of the molecule is CC(C)(C)NCC(=O)N1CCCC1C(=O)NC1CC1. The molecule has 2 fully saturated rings. The standard InChI is InChI=1S/C14H25N3O2/c1-14(2,3)15-9-12(18)17-8-4-5-11(17)13(19)16-10-6-7-10/h10-11,15H,4-9H2,1-3H3,(H,16,19). The minimum atomic E-state index is -0.255. The highest BCUT2D eigenvalue weighted by Gasteiger charge is 2.36. The lowest BCUT2D eigenvalue weighted by Crippen LogP contribution is -2.50. The Hall–Kier alpha value is -1.10. The number of rotatable bonds is 4. The van der Waals surface area contributed by atoms with E-state index < -0.39 is 0 Å². The smallest absolute Gasteiger partial charge is 0.243 e. The molecule has 5 nitrogen and oxygen atoms in total. The van der Waals surface area contributed by atoms with Crippen LogP contribution in [0.3, 0.4) is 0 Å². The molecule has 0 aromatic carbocycles. The van der Waals surface area contributed by atoms with Crippen LogP contribution in [0.2, 0.25) is 0 Å². The molecular weight excluding hydrogens is 242 g/mol.